The number of carbonyl (C=O) groups is 1. The molecule has 5 nitrogen and oxygen atoms in total. The van der Waals surface area contributed by atoms with E-state index in [9.17, 15) is 4.79 Å². The van der Waals surface area contributed by atoms with Crippen LogP contribution in [0.5, 0.6) is 0 Å². The van der Waals surface area contributed by atoms with Crippen LogP contribution in [0, 0.1) is 5.92 Å². The first-order chi connectivity index (χ1) is 12.2. The summed E-state index contributed by atoms with van der Waals surface area (Å²) in [5, 5.41) is 3.13. The molecule has 0 unspecified atom stereocenters. The number of nitrogens with zero attached hydrogens (tertiary/aromatic N) is 3. The van der Waals surface area contributed by atoms with Crippen LogP contribution in [0.3, 0.4) is 0 Å². The first-order valence-corrected chi connectivity index (χ1v) is 8.71. The van der Waals surface area contributed by atoms with Gasteiger partial charge in [0, 0.05) is 50.3 Å². The van der Waals surface area contributed by atoms with Crippen LogP contribution in [0.2, 0.25) is 0 Å². The van der Waals surface area contributed by atoms with Crippen molar-refractivity contribution in [2.45, 2.75) is 25.9 Å². The van der Waals surface area contributed by atoms with Crippen molar-refractivity contribution in [2.24, 2.45) is 5.92 Å². The number of likely N-dealkylation sites (tertiary alicyclic amines) is 1. The molecule has 3 rings (SSSR count). The van der Waals surface area contributed by atoms with Gasteiger partial charge in [-0.3, -0.25) is 19.7 Å². The molecule has 0 radical (unpaired) electrons. The van der Waals surface area contributed by atoms with E-state index in [-0.39, 0.29) is 11.9 Å². The van der Waals surface area contributed by atoms with E-state index in [4.69, 9.17) is 0 Å². The molecule has 0 bridgehead atoms. The lowest BCUT2D eigenvalue weighted by Gasteiger charge is -2.37. The minimum absolute atomic E-state index is 0.0427. The van der Waals surface area contributed by atoms with Gasteiger partial charge >= 0.3 is 0 Å². The first-order valence-electron chi connectivity index (χ1n) is 8.71. The number of amides is 1. The molecule has 1 N–H and O–H groups in total. The quantitative estimate of drug-likeness (QED) is 0.853. The normalized spacial score (nSPS) is 21.3. The Morgan fingerprint density at radius 1 is 1.32 bits per heavy atom. The number of hydrogen-bond acceptors (Lipinski definition) is 4. The Balaban J connectivity index is 1.48. The Hall–Kier alpha value is -2.53. The van der Waals surface area contributed by atoms with Crippen molar-refractivity contribution in [3.63, 3.8) is 0 Å². The number of nitrogens with one attached hydrogen (secondary N) is 1. The molecule has 1 aliphatic rings. The van der Waals surface area contributed by atoms with Gasteiger partial charge in [0.2, 0.25) is 5.91 Å². The SMILES string of the molecule is C[C@@H]1CN(Cc2ccccn2)CC[C@H]1NC(=O)/C=C\c1cccnc1. The minimum atomic E-state index is -0.0427. The second-order valence-corrected chi connectivity index (χ2v) is 6.56. The molecule has 1 aliphatic heterocycles. The number of carbonyl (C=O) groups excluding carboxylic acids is 1. The van der Waals surface area contributed by atoms with Crippen molar-refractivity contribution in [3.8, 4) is 0 Å². The Morgan fingerprint density at radius 3 is 2.96 bits per heavy atom. The van der Waals surface area contributed by atoms with Gasteiger partial charge < -0.3 is 5.32 Å². The summed E-state index contributed by atoms with van der Waals surface area (Å²) in [6, 6.07) is 10.0. The van der Waals surface area contributed by atoms with E-state index < -0.39 is 0 Å². The van der Waals surface area contributed by atoms with Gasteiger partial charge in [-0.15, -0.1) is 0 Å². The van der Waals surface area contributed by atoms with Gasteiger partial charge in [-0.05, 0) is 42.2 Å². The molecule has 0 saturated carbocycles. The predicted octanol–water partition coefficient (Wildman–Crippen LogP) is 2.52. The van der Waals surface area contributed by atoms with E-state index in [0.717, 1.165) is 37.3 Å². The maximum atomic E-state index is 12.2. The van der Waals surface area contributed by atoms with Gasteiger partial charge in [0.1, 0.15) is 0 Å². The molecule has 5 heteroatoms. The number of piperidine rings is 1. The monoisotopic (exact) mass is 336 g/mol. The van der Waals surface area contributed by atoms with Crippen molar-refractivity contribution in [2.75, 3.05) is 13.1 Å². The highest BCUT2D eigenvalue weighted by atomic mass is 16.1. The summed E-state index contributed by atoms with van der Waals surface area (Å²) in [6.07, 6.45) is 9.63. The smallest absolute Gasteiger partial charge is 0.244 e. The third-order valence-corrected chi connectivity index (χ3v) is 4.54. The van der Waals surface area contributed by atoms with Gasteiger partial charge in [-0.2, -0.15) is 0 Å². The van der Waals surface area contributed by atoms with Crippen LogP contribution >= 0.6 is 0 Å². The highest BCUT2D eigenvalue weighted by Crippen LogP contribution is 2.18. The van der Waals surface area contributed by atoms with E-state index in [1.165, 1.54) is 0 Å². The molecule has 0 aromatic carbocycles. The van der Waals surface area contributed by atoms with E-state index in [1.54, 1.807) is 24.5 Å². The molecule has 130 valence electrons. The molecule has 1 saturated heterocycles. The van der Waals surface area contributed by atoms with Crippen molar-refractivity contribution >= 4 is 12.0 Å². The van der Waals surface area contributed by atoms with Crippen LogP contribution in [0.25, 0.3) is 6.08 Å². The third-order valence-electron chi connectivity index (χ3n) is 4.54. The van der Waals surface area contributed by atoms with Crippen molar-refractivity contribution < 1.29 is 4.79 Å². The highest BCUT2D eigenvalue weighted by molar-refractivity contribution is 5.91. The maximum absolute atomic E-state index is 12.2. The summed E-state index contributed by atoms with van der Waals surface area (Å²) in [5.74, 6) is 0.368. The molecular formula is C20H24N4O. The minimum Gasteiger partial charge on any atom is -0.349 e. The number of aromatic nitrogens is 2. The van der Waals surface area contributed by atoms with Gasteiger partial charge in [0.05, 0.1) is 5.69 Å². The second kappa shape index (κ2) is 8.53. The molecular weight excluding hydrogens is 312 g/mol. The summed E-state index contributed by atoms with van der Waals surface area (Å²) >= 11 is 0. The molecule has 2 atom stereocenters. The fraction of sp³-hybridized carbons (Fsp3) is 0.350. The van der Waals surface area contributed by atoms with Crippen LogP contribution in [-0.4, -0.2) is 39.9 Å². The average Bonchev–Trinajstić information content (AvgIpc) is 2.64. The van der Waals surface area contributed by atoms with Crippen molar-refractivity contribution in [1.82, 2.24) is 20.2 Å². The molecule has 2 aromatic heterocycles. The summed E-state index contributed by atoms with van der Waals surface area (Å²) in [5.41, 5.74) is 2.02. The molecule has 25 heavy (non-hydrogen) atoms. The zero-order chi connectivity index (χ0) is 17.5. The largest absolute Gasteiger partial charge is 0.349 e. The summed E-state index contributed by atoms with van der Waals surface area (Å²) < 4.78 is 0. The summed E-state index contributed by atoms with van der Waals surface area (Å²) in [4.78, 5) is 23.0. The van der Waals surface area contributed by atoms with Gasteiger partial charge in [-0.25, -0.2) is 0 Å². The van der Waals surface area contributed by atoms with E-state index in [2.05, 4.69) is 33.2 Å². The lowest BCUT2D eigenvalue weighted by atomic mass is 9.93. The first kappa shape index (κ1) is 17.3. The van der Waals surface area contributed by atoms with Crippen molar-refractivity contribution in [3.05, 3.63) is 66.3 Å². The van der Waals surface area contributed by atoms with Gasteiger partial charge in [0.25, 0.3) is 0 Å². The van der Waals surface area contributed by atoms with Crippen LogP contribution in [-0.2, 0) is 11.3 Å². The van der Waals surface area contributed by atoms with E-state index in [0.29, 0.717) is 5.92 Å². The molecule has 1 amide bonds. The van der Waals surface area contributed by atoms with E-state index >= 15 is 0 Å². The zero-order valence-electron chi connectivity index (χ0n) is 14.5. The second-order valence-electron chi connectivity index (χ2n) is 6.56. The van der Waals surface area contributed by atoms with Crippen LogP contribution in [0.15, 0.2) is 55.0 Å². The van der Waals surface area contributed by atoms with Crippen molar-refractivity contribution in [1.29, 1.82) is 0 Å². The van der Waals surface area contributed by atoms with Gasteiger partial charge in [-0.1, -0.05) is 19.1 Å². The zero-order valence-corrected chi connectivity index (χ0v) is 14.5. The summed E-state index contributed by atoms with van der Waals surface area (Å²) in [6.45, 7) is 5.00. The Morgan fingerprint density at radius 2 is 2.24 bits per heavy atom. The fourth-order valence-corrected chi connectivity index (χ4v) is 3.19. The average molecular weight is 336 g/mol. The molecule has 2 aromatic rings. The number of rotatable bonds is 5. The maximum Gasteiger partial charge on any atom is 0.244 e. The predicted molar refractivity (Wildman–Crippen MR) is 98.5 cm³/mol. The van der Waals surface area contributed by atoms with E-state index in [1.807, 2.05) is 30.5 Å². The van der Waals surface area contributed by atoms with Crippen LogP contribution in [0.1, 0.15) is 24.6 Å². The third kappa shape index (κ3) is 5.22. The number of hydrogen-bond donors (Lipinski definition) is 1. The highest BCUT2D eigenvalue weighted by Gasteiger charge is 2.26. The van der Waals surface area contributed by atoms with Crippen LogP contribution < -0.4 is 5.32 Å². The summed E-state index contributed by atoms with van der Waals surface area (Å²) in [7, 11) is 0. The lowest BCUT2D eigenvalue weighted by Crippen LogP contribution is -2.49. The Labute approximate surface area is 148 Å². The number of pyridine rings is 2. The van der Waals surface area contributed by atoms with Gasteiger partial charge in [0.15, 0.2) is 0 Å². The van der Waals surface area contributed by atoms with Crippen LogP contribution in [0.4, 0.5) is 0 Å². The Bertz CT molecular complexity index is 702. The topological polar surface area (TPSA) is 58.1 Å². The standard InChI is InChI=1S/C20H24N4O/c1-16-14-24(15-18-6-2-3-11-22-18)12-9-19(16)23-20(25)8-7-17-5-4-10-21-13-17/h2-8,10-11,13,16,19H,9,12,14-15H2,1H3,(H,23,25)/b8-7-/t16-,19-/m1/s1. The molecule has 0 spiro atoms. The fourth-order valence-electron chi connectivity index (χ4n) is 3.19. The Kier molecular flexibility index (Phi) is 5.90. The molecule has 3 heterocycles. The lowest BCUT2D eigenvalue weighted by molar-refractivity contribution is -0.117. The molecule has 0 aliphatic carbocycles. The molecule has 1 fully saturated rings.